The van der Waals surface area contributed by atoms with Crippen LogP contribution in [0.1, 0.15) is 28.7 Å². The molecule has 0 saturated heterocycles. The van der Waals surface area contributed by atoms with Gasteiger partial charge >= 0.3 is 0 Å². The van der Waals surface area contributed by atoms with E-state index < -0.39 is 0 Å². The fourth-order valence-corrected chi connectivity index (χ4v) is 2.98. The van der Waals surface area contributed by atoms with Crippen LogP contribution in [0.2, 0.25) is 0 Å². The van der Waals surface area contributed by atoms with E-state index in [1.165, 1.54) is 16.7 Å². The topological polar surface area (TPSA) is 28.1 Å². The lowest BCUT2D eigenvalue weighted by molar-refractivity contribution is 0.256. The summed E-state index contributed by atoms with van der Waals surface area (Å²) in [4.78, 5) is 2.21. The van der Waals surface area contributed by atoms with E-state index in [1.807, 2.05) is 18.3 Å². The van der Waals surface area contributed by atoms with Crippen LogP contribution in [0.25, 0.3) is 12.2 Å². The number of fused-ring (bicyclic) bond motifs is 1. The average molecular weight is 349 g/mol. The molecule has 1 aliphatic rings. The molecular weight excluding hydrogens is 322 g/mol. The molecule has 136 valence electrons. The maximum atomic E-state index is 5.19. The zero-order valence-corrected chi connectivity index (χ0v) is 15.9. The molecule has 0 aromatic heterocycles. The van der Waals surface area contributed by atoms with E-state index in [1.54, 1.807) is 7.11 Å². The Morgan fingerprint density at radius 1 is 1.08 bits per heavy atom. The Morgan fingerprint density at radius 2 is 1.81 bits per heavy atom. The number of nitrogens with zero attached hydrogens (tertiary/aromatic N) is 3. The molecule has 0 aliphatic carbocycles. The van der Waals surface area contributed by atoms with E-state index in [4.69, 9.17) is 4.74 Å². The molecule has 0 amide bonds. The summed E-state index contributed by atoms with van der Waals surface area (Å²) in [6, 6.07) is 14.7. The van der Waals surface area contributed by atoms with Crippen LogP contribution in [0.3, 0.4) is 0 Å². The minimum atomic E-state index is 0.877. The molecule has 2 aromatic carbocycles. The van der Waals surface area contributed by atoms with Gasteiger partial charge < -0.3 is 9.64 Å². The Morgan fingerprint density at radius 3 is 2.54 bits per heavy atom. The molecule has 4 heteroatoms. The Bertz CT molecular complexity index is 778. The molecule has 0 bridgehead atoms. The molecule has 1 aliphatic heterocycles. The van der Waals surface area contributed by atoms with Gasteiger partial charge in [-0.15, -0.1) is 0 Å². The summed E-state index contributed by atoms with van der Waals surface area (Å²) >= 11 is 0. The first-order valence-corrected chi connectivity index (χ1v) is 9.03. The van der Waals surface area contributed by atoms with E-state index in [0.29, 0.717) is 0 Å². The second kappa shape index (κ2) is 8.68. The Labute approximate surface area is 156 Å². The number of benzene rings is 2. The number of hydrogen-bond donors (Lipinski definition) is 0. The van der Waals surface area contributed by atoms with Gasteiger partial charge in [0.2, 0.25) is 0 Å². The van der Waals surface area contributed by atoms with Gasteiger partial charge in [-0.1, -0.05) is 36.4 Å². The van der Waals surface area contributed by atoms with Crippen LogP contribution >= 0.6 is 0 Å². The molecule has 26 heavy (non-hydrogen) atoms. The van der Waals surface area contributed by atoms with Gasteiger partial charge in [0.1, 0.15) is 5.75 Å². The van der Waals surface area contributed by atoms with Crippen molar-refractivity contribution in [2.45, 2.75) is 13.0 Å². The minimum absolute atomic E-state index is 0.877. The summed E-state index contributed by atoms with van der Waals surface area (Å²) in [7, 11) is 5.90. The molecular formula is C22H27N3O. The number of hydrazone groups is 1. The van der Waals surface area contributed by atoms with Crippen molar-refractivity contribution in [2.24, 2.45) is 5.10 Å². The first-order chi connectivity index (χ1) is 12.6. The second-order valence-corrected chi connectivity index (χ2v) is 6.85. The van der Waals surface area contributed by atoms with Crippen LogP contribution in [0.4, 0.5) is 0 Å². The lowest BCUT2D eigenvalue weighted by Crippen LogP contribution is -2.25. The molecule has 3 rings (SSSR count). The van der Waals surface area contributed by atoms with E-state index in [-0.39, 0.29) is 0 Å². The Balaban J connectivity index is 1.62. The Hall–Kier alpha value is -2.59. The lowest BCUT2D eigenvalue weighted by Gasteiger charge is -2.24. The smallest absolute Gasteiger partial charge is 0.118 e. The third kappa shape index (κ3) is 4.96. The lowest BCUT2D eigenvalue weighted by atomic mass is 10.0. The quantitative estimate of drug-likeness (QED) is 0.708. The molecule has 0 fully saturated rings. The van der Waals surface area contributed by atoms with Crippen LogP contribution in [0, 0.1) is 0 Å². The maximum absolute atomic E-state index is 5.19. The fraction of sp³-hybridized carbons (Fsp3) is 0.318. The molecule has 0 radical (unpaired) electrons. The second-order valence-electron chi connectivity index (χ2n) is 6.85. The minimum Gasteiger partial charge on any atom is -0.497 e. The number of hydrogen-bond acceptors (Lipinski definition) is 4. The van der Waals surface area contributed by atoms with E-state index in [9.17, 15) is 0 Å². The van der Waals surface area contributed by atoms with E-state index in [2.05, 4.69) is 71.6 Å². The predicted molar refractivity (Wildman–Crippen MR) is 110 cm³/mol. The number of ether oxygens (including phenoxy) is 1. The van der Waals surface area contributed by atoms with Crippen molar-refractivity contribution in [1.29, 1.82) is 0 Å². The highest BCUT2D eigenvalue weighted by Gasteiger charge is 2.11. The zero-order chi connectivity index (χ0) is 18.4. The summed E-state index contributed by atoms with van der Waals surface area (Å²) in [6.07, 6.45) is 7.37. The van der Waals surface area contributed by atoms with Crippen molar-refractivity contribution < 1.29 is 4.74 Å². The monoisotopic (exact) mass is 349 g/mol. The van der Waals surface area contributed by atoms with Gasteiger partial charge in [0.05, 0.1) is 19.9 Å². The highest BCUT2D eigenvalue weighted by molar-refractivity contribution is 5.84. The molecule has 0 N–H and O–H groups in total. The van der Waals surface area contributed by atoms with Crippen LogP contribution in [0.5, 0.6) is 5.75 Å². The first-order valence-electron chi connectivity index (χ1n) is 9.03. The third-order valence-corrected chi connectivity index (χ3v) is 4.49. The van der Waals surface area contributed by atoms with Gasteiger partial charge in [-0.25, -0.2) is 0 Å². The standard InChI is InChI=1S/C22H27N3O/c1-24(2)13-4-14-25-17-20-10-7-19(15-21(20)16-23-25)6-5-18-8-11-22(26-3)12-9-18/h5-12,15-16H,4,13-14,17H2,1-3H3/b6-5+. The van der Waals surface area contributed by atoms with Crippen LogP contribution in [-0.4, -0.2) is 50.4 Å². The molecule has 1 heterocycles. The maximum Gasteiger partial charge on any atom is 0.118 e. The van der Waals surface area contributed by atoms with Crippen molar-refractivity contribution >= 4 is 18.4 Å². The SMILES string of the molecule is COc1ccc(/C=C/c2ccc3c(c2)C=NN(CCCN(C)C)C3)cc1. The van der Waals surface area contributed by atoms with Crippen LogP contribution in [-0.2, 0) is 6.54 Å². The first kappa shape index (κ1) is 18.2. The molecule has 0 saturated carbocycles. The zero-order valence-electron chi connectivity index (χ0n) is 15.9. The van der Waals surface area contributed by atoms with Gasteiger partial charge in [0, 0.05) is 12.1 Å². The molecule has 0 atom stereocenters. The van der Waals surface area contributed by atoms with Crippen LogP contribution < -0.4 is 4.74 Å². The van der Waals surface area contributed by atoms with Crippen molar-refractivity contribution in [3.05, 3.63) is 64.7 Å². The largest absolute Gasteiger partial charge is 0.497 e. The number of rotatable bonds is 7. The highest BCUT2D eigenvalue weighted by Crippen LogP contribution is 2.19. The predicted octanol–water partition coefficient (Wildman–Crippen LogP) is 3.97. The van der Waals surface area contributed by atoms with E-state index in [0.717, 1.165) is 37.4 Å². The molecule has 4 nitrogen and oxygen atoms in total. The Kier molecular flexibility index (Phi) is 6.08. The number of methoxy groups -OCH3 is 1. The van der Waals surface area contributed by atoms with Gasteiger partial charge in [-0.2, -0.15) is 5.10 Å². The summed E-state index contributed by atoms with van der Waals surface area (Å²) in [6.45, 7) is 2.98. The van der Waals surface area contributed by atoms with Gasteiger partial charge in [-0.3, -0.25) is 5.01 Å². The summed E-state index contributed by atoms with van der Waals surface area (Å²) in [5, 5.41) is 6.75. The highest BCUT2D eigenvalue weighted by atomic mass is 16.5. The van der Waals surface area contributed by atoms with E-state index >= 15 is 0 Å². The average Bonchev–Trinajstić information content (AvgIpc) is 2.66. The molecule has 2 aromatic rings. The van der Waals surface area contributed by atoms with Crippen molar-refractivity contribution in [3.8, 4) is 5.75 Å². The van der Waals surface area contributed by atoms with Crippen LogP contribution in [0.15, 0.2) is 47.6 Å². The third-order valence-electron chi connectivity index (χ3n) is 4.49. The van der Waals surface area contributed by atoms with Gasteiger partial charge in [0.25, 0.3) is 0 Å². The normalized spacial score (nSPS) is 13.5. The van der Waals surface area contributed by atoms with Crippen molar-refractivity contribution in [2.75, 3.05) is 34.3 Å². The summed E-state index contributed by atoms with van der Waals surface area (Å²) in [5.74, 6) is 0.877. The molecule has 0 spiro atoms. The summed E-state index contributed by atoms with van der Waals surface area (Å²) < 4.78 is 5.19. The van der Waals surface area contributed by atoms with Gasteiger partial charge in [0.15, 0.2) is 0 Å². The van der Waals surface area contributed by atoms with Crippen molar-refractivity contribution in [3.63, 3.8) is 0 Å². The van der Waals surface area contributed by atoms with Crippen molar-refractivity contribution in [1.82, 2.24) is 9.91 Å². The molecule has 0 unspecified atom stereocenters. The fourth-order valence-electron chi connectivity index (χ4n) is 2.98. The summed E-state index contributed by atoms with van der Waals surface area (Å²) in [5.41, 5.74) is 4.90. The van der Waals surface area contributed by atoms with Gasteiger partial charge in [-0.05, 0) is 62.0 Å².